The van der Waals surface area contributed by atoms with Gasteiger partial charge in [-0.1, -0.05) is 30.3 Å². The van der Waals surface area contributed by atoms with Gasteiger partial charge in [-0.3, -0.25) is 4.68 Å². The standard InChI is InChI=1S/C19H18N6O/c1-25-18-14(12-20-25)17(21-13-8-4-3-5-9-13)23-19(24-18)22-15-10-6-7-11-16(15)26-2/h3-12H,1-2H3,(H2,21,22,23,24). The van der Waals surface area contributed by atoms with Crippen molar-refractivity contribution in [3.05, 3.63) is 60.8 Å². The topological polar surface area (TPSA) is 76.9 Å². The smallest absolute Gasteiger partial charge is 0.231 e. The summed E-state index contributed by atoms with van der Waals surface area (Å²) in [5, 5.41) is 11.7. The highest BCUT2D eigenvalue weighted by Gasteiger charge is 2.13. The summed E-state index contributed by atoms with van der Waals surface area (Å²) in [6.07, 6.45) is 1.76. The molecule has 130 valence electrons. The van der Waals surface area contributed by atoms with Crippen LogP contribution in [0.1, 0.15) is 0 Å². The van der Waals surface area contributed by atoms with Crippen LogP contribution in [0.3, 0.4) is 0 Å². The second-order valence-corrected chi connectivity index (χ2v) is 5.72. The molecular formula is C19H18N6O. The highest BCUT2D eigenvalue weighted by atomic mass is 16.5. The number of methoxy groups -OCH3 is 1. The quantitative estimate of drug-likeness (QED) is 0.571. The molecular weight excluding hydrogens is 328 g/mol. The van der Waals surface area contributed by atoms with Crippen LogP contribution < -0.4 is 15.4 Å². The molecule has 0 fully saturated rings. The lowest BCUT2D eigenvalue weighted by Crippen LogP contribution is -2.04. The highest BCUT2D eigenvalue weighted by molar-refractivity contribution is 5.89. The van der Waals surface area contributed by atoms with Crippen LogP contribution in [0.15, 0.2) is 60.8 Å². The summed E-state index contributed by atoms with van der Waals surface area (Å²) in [6.45, 7) is 0. The van der Waals surface area contributed by atoms with Gasteiger partial charge in [-0.05, 0) is 24.3 Å². The number of para-hydroxylation sites is 3. The number of anilines is 4. The number of aryl methyl sites for hydroxylation is 1. The van der Waals surface area contributed by atoms with Gasteiger partial charge >= 0.3 is 0 Å². The maximum atomic E-state index is 5.39. The van der Waals surface area contributed by atoms with Crippen molar-refractivity contribution >= 4 is 34.2 Å². The van der Waals surface area contributed by atoms with Crippen LogP contribution in [-0.4, -0.2) is 26.9 Å². The van der Waals surface area contributed by atoms with Crippen molar-refractivity contribution in [1.29, 1.82) is 0 Å². The van der Waals surface area contributed by atoms with Gasteiger partial charge in [0.1, 0.15) is 11.6 Å². The van der Waals surface area contributed by atoms with Gasteiger partial charge < -0.3 is 15.4 Å². The maximum Gasteiger partial charge on any atom is 0.231 e. The zero-order valence-corrected chi connectivity index (χ0v) is 14.5. The van der Waals surface area contributed by atoms with Gasteiger partial charge in [-0.2, -0.15) is 15.1 Å². The molecule has 0 spiro atoms. The van der Waals surface area contributed by atoms with Crippen LogP contribution in [0.4, 0.5) is 23.1 Å². The van der Waals surface area contributed by atoms with Gasteiger partial charge in [-0.15, -0.1) is 0 Å². The molecule has 0 atom stereocenters. The largest absolute Gasteiger partial charge is 0.495 e. The SMILES string of the molecule is COc1ccccc1Nc1nc(Nc2ccccc2)c2cnn(C)c2n1. The number of fused-ring (bicyclic) bond motifs is 1. The number of rotatable bonds is 5. The summed E-state index contributed by atoms with van der Waals surface area (Å²) >= 11 is 0. The van der Waals surface area contributed by atoms with E-state index in [0.717, 1.165) is 28.2 Å². The van der Waals surface area contributed by atoms with Crippen molar-refractivity contribution in [1.82, 2.24) is 19.7 Å². The first-order valence-electron chi connectivity index (χ1n) is 8.16. The van der Waals surface area contributed by atoms with E-state index in [4.69, 9.17) is 4.74 Å². The average molecular weight is 346 g/mol. The molecule has 0 saturated heterocycles. The van der Waals surface area contributed by atoms with E-state index in [9.17, 15) is 0 Å². The van der Waals surface area contributed by atoms with E-state index in [1.54, 1.807) is 18.0 Å². The fourth-order valence-corrected chi connectivity index (χ4v) is 2.70. The lowest BCUT2D eigenvalue weighted by Gasteiger charge is -2.12. The van der Waals surface area contributed by atoms with Crippen LogP contribution in [0.5, 0.6) is 5.75 Å². The van der Waals surface area contributed by atoms with Gasteiger partial charge in [0.15, 0.2) is 5.65 Å². The Morgan fingerprint density at radius 3 is 2.50 bits per heavy atom. The summed E-state index contributed by atoms with van der Waals surface area (Å²) in [4.78, 5) is 9.23. The third-order valence-electron chi connectivity index (χ3n) is 3.98. The number of aromatic nitrogens is 4. The van der Waals surface area contributed by atoms with Gasteiger partial charge in [0, 0.05) is 12.7 Å². The zero-order valence-electron chi connectivity index (χ0n) is 14.5. The Balaban J connectivity index is 1.77. The van der Waals surface area contributed by atoms with Crippen molar-refractivity contribution in [2.24, 2.45) is 7.05 Å². The second kappa shape index (κ2) is 6.72. The van der Waals surface area contributed by atoms with E-state index in [1.807, 2.05) is 61.6 Å². The molecule has 4 aromatic rings. The number of hydrogen-bond acceptors (Lipinski definition) is 6. The summed E-state index contributed by atoms with van der Waals surface area (Å²) in [6, 6.07) is 17.5. The molecule has 0 aliphatic rings. The Morgan fingerprint density at radius 1 is 0.923 bits per heavy atom. The van der Waals surface area contributed by atoms with Crippen molar-refractivity contribution in [3.8, 4) is 5.75 Å². The van der Waals surface area contributed by atoms with E-state index < -0.39 is 0 Å². The van der Waals surface area contributed by atoms with Gasteiger partial charge in [0.05, 0.1) is 24.4 Å². The Kier molecular flexibility index (Phi) is 4.10. The van der Waals surface area contributed by atoms with E-state index >= 15 is 0 Å². The molecule has 7 nitrogen and oxygen atoms in total. The molecule has 0 saturated carbocycles. The van der Waals surface area contributed by atoms with Crippen molar-refractivity contribution in [3.63, 3.8) is 0 Å². The van der Waals surface area contributed by atoms with E-state index in [-0.39, 0.29) is 0 Å². The molecule has 2 heterocycles. The van der Waals surface area contributed by atoms with Gasteiger partial charge in [0.25, 0.3) is 0 Å². The number of nitrogens with zero attached hydrogens (tertiary/aromatic N) is 4. The van der Waals surface area contributed by atoms with E-state index in [2.05, 4.69) is 25.7 Å². The molecule has 4 rings (SSSR count). The first kappa shape index (κ1) is 15.9. The predicted molar refractivity (Wildman–Crippen MR) is 102 cm³/mol. The second-order valence-electron chi connectivity index (χ2n) is 5.72. The predicted octanol–water partition coefficient (Wildman–Crippen LogP) is 3.86. The molecule has 0 aliphatic heterocycles. The average Bonchev–Trinajstić information content (AvgIpc) is 3.04. The normalized spacial score (nSPS) is 10.7. The monoisotopic (exact) mass is 346 g/mol. The fraction of sp³-hybridized carbons (Fsp3) is 0.105. The maximum absolute atomic E-state index is 5.39. The van der Waals surface area contributed by atoms with Crippen molar-refractivity contribution in [2.45, 2.75) is 0 Å². The number of ether oxygens (including phenoxy) is 1. The Morgan fingerprint density at radius 2 is 1.69 bits per heavy atom. The van der Waals surface area contributed by atoms with Crippen LogP contribution in [-0.2, 0) is 7.05 Å². The van der Waals surface area contributed by atoms with Crippen LogP contribution in [0.2, 0.25) is 0 Å². The molecule has 7 heteroatoms. The minimum Gasteiger partial charge on any atom is -0.495 e. The lowest BCUT2D eigenvalue weighted by atomic mass is 10.3. The minimum absolute atomic E-state index is 0.462. The zero-order chi connectivity index (χ0) is 17.9. The fourth-order valence-electron chi connectivity index (χ4n) is 2.70. The number of hydrogen-bond donors (Lipinski definition) is 2. The minimum atomic E-state index is 0.462. The molecule has 0 unspecified atom stereocenters. The summed E-state index contributed by atoms with van der Waals surface area (Å²) in [7, 11) is 3.49. The summed E-state index contributed by atoms with van der Waals surface area (Å²) in [5.74, 6) is 1.87. The third kappa shape index (κ3) is 3.02. The summed E-state index contributed by atoms with van der Waals surface area (Å²) < 4.78 is 7.11. The summed E-state index contributed by atoms with van der Waals surface area (Å²) in [5.41, 5.74) is 2.47. The number of nitrogens with one attached hydrogen (secondary N) is 2. The third-order valence-corrected chi connectivity index (χ3v) is 3.98. The van der Waals surface area contributed by atoms with Crippen molar-refractivity contribution in [2.75, 3.05) is 17.7 Å². The highest BCUT2D eigenvalue weighted by Crippen LogP contribution is 2.29. The molecule has 0 radical (unpaired) electrons. The Hall–Kier alpha value is -3.61. The van der Waals surface area contributed by atoms with Crippen molar-refractivity contribution < 1.29 is 4.74 Å². The number of benzene rings is 2. The molecule has 0 aliphatic carbocycles. The molecule has 2 aromatic carbocycles. The lowest BCUT2D eigenvalue weighted by molar-refractivity contribution is 0.417. The van der Waals surface area contributed by atoms with E-state index in [0.29, 0.717) is 11.8 Å². The Labute approximate surface area is 150 Å². The van der Waals surface area contributed by atoms with Gasteiger partial charge in [-0.25, -0.2) is 0 Å². The molecule has 2 N–H and O–H groups in total. The molecule has 2 aromatic heterocycles. The molecule has 26 heavy (non-hydrogen) atoms. The van der Waals surface area contributed by atoms with Gasteiger partial charge in [0.2, 0.25) is 5.95 Å². The van der Waals surface area contributed by atoms with Crippen LogP contribution in [0, 0.1) is 0 Å². The Bertz CT molecular complexity index is 1040. The molecule has 0 bridgehead atoms. The first-order chi connectivity index (χ1) is 12.7. The first-order valence-corrected chi connectivity index (χ1v) is 8.16. The van der Waals surface area contributed by atoms with Crippen LogP contribution in [0.25, 0.3) is 11.0 Å². The van der Waals surface area contributed by atoms with Crippen LogP contribution >= 0.6 is 0 Å². The molecule has 0 amide bonds. The van der Waals surface area contributed by atoms with E-state index in [1.165, 1.54) is 0 Å².